The molecule has 2 fully saturated rings. The minimum atomic E-state index is -5.24. The van der Waals surface area contributed by atoms with Crippen molar-refractivity contribution in [2.75, 3.05) is 14.2 Å². The van der Waals surface area contributed by atoms with E-state index in [-0.39, 0.29) is 23.5 Å². The zero-order valence-corrected chi connectivity index (χ0v) is 30.3. The summed E-state index contributed by atoms with van der Waals surface area (Å²) in [6, 6.07) is 6.39. The maximum atomic E-state index is 14.7. The second-order valence-electron chi connectivity index (χ2n) is 15.8. The maximum Gasteiger partial charge on any atom is 0.432 e. The molecular weight excluding hydrogens is 649 g/mol. The average Bonchev–Trinajstić information content (AvgIpc) is 3.40. The molecule has 1 aromatic rings. The Balaban J connectivity index is 1.48. The topological polar surface area (TPSA) is 96.0 Å². The Labute approximate surface area is 293 Å². The molecule has 0 saturated heterocycles. The molecule has 50 heavy (non-hydrogen) atoms. The summed E-state index contributed by atoms with van der Waals surface area (Å²) in [6.07, 6.45) is -2.47. The Morgan fingerprint density at radius 1 is 1.02 bits per heavy atom. The third-order valence-corrected chi connectivity index (χ3v) is 13.1. The number of allylic oxidation sites excluding steroid dienone is 3. The second-order valence-corrected chi connectivity index (χ2v) is 15.8. The molecule has 9 atom stereocenters. The summed E-state index contributed by atoms with van der Waals surface area (Å²) in [5, 5.41) is 0. The molecular formula is C40H51F3O7. The van der Waals surface area contributed by atoms with E-state index in [2.05, 4.69) is 34.3 Å². The fourth-order valence-corrected chi connectivity index (χ4v) is 10.3. The molecule has 0 radical (unpaired) electrons. The van der Waals surface area contributed by atoms with Crippen LogP contribution in [0.3, 0.4) is 0 Å². The second kappa shape index (κ2) is 13.7. The molecule has 0 spiro atoms. The summed E-state index contributed by atoms with van der Waals surface area (Å²) in [6.45, 7) is 14.7. The monoisotopic (exact) mass is 700 g/mol. The SMILES string of the molecule is C=C(CC[C@@H](C)[C@H]1CC[C@H]2C3=C(C(=O)C[C@]12C)[C@@]1(C)C(=O)C[C@H](OC(=O)[C@@](OC)(c2ccccc2)C(F)(F)F)[C@@H](C(=O)OC)[C@@H]1CC3)C(C)C. The van der Waals surface area contributed by atoms with Crippen molar-refractivity contribution in [3.05, 3.63) is 59.2 Å². The van der Waals surface area contributed by atoms with E-state index in [1.807, 2.05) is 0 Å². The number of carbonyl (C=O) groups is 4. The van der Waals surface area contributed by atoms with Crippen LogP contribution in [-0.4, -0.2) is 50.0 Å². The van der Waals surface area contributed by atoms with E-state index in [1.165, 1.54) is 23.8 Å². The van der Waals surface area contributed by atoms with Crippen molar-refractivity contribution in [2.45, 2.75) is 104 Å². The van der Waals surface area contributed by atoms with Crippen molar-refractivity contribution in [2.24, 2.45) is 46.3 Å². The first-order valence-electron chi connectivity index (χ1n) is 17.8. The lowest BCUT2D eigenvalue weighted by molar-refractivity contribution is -0.279. The number of Topliss-reactive ketones (excluding diaryl/α,β-unsaturated/α-hetero) is 2. The number of halogens is 3. The smallest absolute Gasteiger partial charge is 0.432 e. The predicted molar refractivity (Wildman–Crippen MR) is 180 cm³/mol. The normalized spacial score (nSPS) is 32.8. The average molecular weight is 701 g/mol. The van der Waals surface area contributed by atoms with Gasteiger partial charge in [0.25, 0.3) is 5.60 Å². The van der Waals surface area contributed by atoms with Crippen LogP contribution in [0.2, 0.25) is 0 Å². The largest absolute Gasteiger partial charge is 0.469 e. The van der Waals surface area contributed by atoms with Gasteiger partial charge in [-0.15, -0.1) is 0 Å². The Morgan fingerprint density at radius 3 is 2.26 bits per heavy atom. The quantitative estimate of drug-likeness (QED) is 0.180. The van der Waals surface area contributed by atoms with Crippen LogP contribution in [0.1, 0.15) is 91.5 Å². The van der Waals surface area contributed by atoms with E-state index in [9.17, 15) is 32.3 Å². The first-order valence-corrected chi connectivity index (χ1v) is 17.8. The van der Waals surface area contributed by atoms with Crippen molar-refractivity contribution >= 4 is 23.5 Å². The van der Waals surface area contributed by atoms with Gasteiger partial charge in [0.1, 0.15) is 11.9 Å². The highest BCUT2D eigenvalue weighted by Gasteiger charge is 2.67. The minimum Gasteiger partial charge on any atom is -0.469 e. The number of benzene rings is 1. The molecule has 7 nitrogen and oxygen atoms in total. The maximum absolute atomic E-state index is 14.7. The van der Waals surface area contributed by atoms with Gasteiger partial charge in [0.15, 0.2) is 5.78 Å². The third kappa shape index (κ3) is 5.87. The van der Waals surface area contributed by atoms with Crippen LogP contribution in [-0.2, 0) is 39.0 Å². The number of hydrogen-bond acceptors (Lipinski definition) is 7. The van der Waals surface area contributed by atoms with Gasteiger partial charge in [0.2, 0.25) is 0 Å². The van der Waals surface area contributed by atoms with E-state index in [0.717, 1.165) is 57.6 Å². The lowest BCUT2D eigenvalue weighted by Gasteiger charge is -2.55. The van der Waals surface area contributed by atoms with Crippen molar-refractivity contribution < 1.29 is 46.6 Å². The lowest BCUT2D eigenvalue weighted by atomic mass is 9.48. The zero-order valence-electron chi connectivity index (χ0n) is 30.3. The molecule has 5 rings (SSSR count). The molecule has 10 heteroatoms. The molecule has 0 N–H and O–H groups in total. The third-order valence-electron chi connectivity index (χ3n) is 13.1. The van der Waals surface area contributed by atoms with E-state index in [1.54, 1.807) is 6.92 Å². The van der Waals surface area contributed by atoms with Crippen molar-refractivity contribution in [1.29, 1.82) is 0 Å². The highest BCUT2D eigenvalue weighted by molar-refractivity contribution is 6.07. The number of methoxy groups -OCH3 is 2. The molecule has 0 unspecified atom stereocenters. The molecule has 4 aliphatic carbocycles. The van der Waals surface area contributed by atoms with Crippen molar-refractivity contribution in [3.8, 4) is 0 Å². The number of alkyl halides is 3. The zero-order chi connectivity index (χ0) is 37.0. The van der Waals surface area contributed by atoms with Crippen molar-refractivity contribution in [1.82, 2.24) is 0 Å². The van der Waals surface area contributed by atoms with Crippen LogP contribution < -0.4 is 0 Å². The van der Waals surface area contributed by atoms with E-state index >= 15 is 0 Å². The summed E-state index contributed by atoms with van der Waals surface area (Å²) >= 11 is 0. The molecule has 0 heterocycles. The summed E-state index contributed by atoms with van der Waals surface area (Å²) in [7, 11) is 1.91. The molecule has 0 bridgehead atoms. The number of hydrogen-bond donors (Lipinski definition) is 0. The van der Waals surface area contributed by atoms with E-state index in [4.69, 9.17) is 14.2 Å². The van der Waals surface area contributed by atoms with Crippen LogP contribution in [0.5, 0.6) is 0 Å². The van der Waals surface area contributed by atoms with Crippen LogP contribution in [0.25, 0.3) is 0 Å². The predicted octanol–water partition coefficient (Wildman–Crippen LogP) is 8.11. The number of fused-ring (bicyclic) bond motifs is 4. The van der Waals surface area contributed by atoms with Crippen LogP contribution in [0.15, 0.2) is 53.6 Å². The number of carbonyl (C=O) groups excluding carboxylic acids is 4. The molecule has 274 valence electrons. The van der Waals surface area contributed by atoms with Gasteiger partial charge in [-0.1, -0.05) is 75.8 Å². The van der Waals surface area contributed by atoms with Gasteiger partial charge in [-0.3, -0.25) is 14.4 Å². The molecule has 0 aromatic heterocycles. The van der Waals surface area contributed by atoms with Crippen LogP contribution in [0.4, 0.5) is 13.2 Å². The Morgan fingerprint density at radius 2 is 1.68 bits per heavy atom. The minimum absolute atomic E-state index is 0.105. The van der Waals surface area contributed by atoms with E-state index < -0.39 is 64.8 Å². The summed E-state index contributed by atoms with van der Waals surface area (Å²) in [4.78, 5) is 55.9. The molecule has 0 amide bonds. The fourth-order valence-electron chi connectivity index (χ4n) is 10.3. The van der Waals surface area contributed by atoms with Gasteiger partial charge >= 0.3 is 18.1 Å². The highest BCUT2D eigenvalue weighted by atomic mass is 19.4. The van der Waals surface area contributed by atoms with Crippen molar-refractivity contribution in [3.63, 3.8) is 0 Å². The molecule has 4 aliphatic rings. The highest BCUT2D eigenvalue weighted by Crippen LogP contribution is 2.65. The van der Waals surface area contributed by atoms with Crippen LogP contribution >= 0.6 is 0 Å². The first kappa shape index (κ1) is 38.0. The summed E-state index contributed by atoms with van der Waals surface area (Å²) in [5.74, 6) is -4.01. The lowest BCUT2D eigenvalue weighted by Crippen LogP contribution is -2.60. The van der Waals surface area contributed by atoms with Crippen LogP contribution in [0, 0.1) is 46.3 Å². The van der Waals surface area contributed by atoms with Gasteiger partial charge in [-0.05, 0) is 80.5 Å². The van der Waals surface area contributed by atoms with Gasteiger partial charge in [-0.25, -0.2) is 4.79 Å². The number of ether oxygens (including phenoxy) is 3. The van der Waals surface area contributed by atoms with E-state index in [0.29, 0.717) is 36.2 Å². The van der Waals surface area contributed by atoms with Gasteiger partial charge in [0, 0.05) is 31.1 Å². The Kier molecular flexibility index (Phi) is 10.4. The summed E-state index contributed by atoms with van der Waals surface area (Å²) in [5.41, 5.74) is -2.99. The first-order chi connectivity index (χ1) is 23.4. The molecule has 2 saturated carbocycles. The number of esters is 2. The number of rotatable bonds is 10. The fraction of sp³-hybridized carbons (Fsp3) is 0.650. The molecule has 0 aliphatic heterocycles. The van der Waals surface area contributed by atoms with Gasteiger partial charge < -0.3 is 14.2 Å². The Hall–Kier alpha value is -3.27. The summed E-state index contributed by atoms with van der Waals surface area (Å²) < 4.78 is 59.8. The Bertz CT molecular complexity index is 1560. The van der Waals surface area contributed by atoms with Gasteiger partial charge in [0.05, 0.1) is 18.4 Å². The van der Waals surface area contributed by atoms with Gasteiger partial charge in [-0.2, -0.15) is 13.2 Å². The standard InChI is InChI=1S/C40H51F3O7/c1-22(2)23(3)14-15-24(4)27-18-19-28-26-16-17-29-33(35(46)48-7)31(20-32(45)38(29,6)34(26)30(44)21-37(27,28)5)50-36(47)39(49-8,40(41,42)43)25-12-10-9-11-13-25/h9-13,22,24,27-29,31,33H,3,14-21H2,1-2,4-8H3/t24-,27-,28+,29+,31+,33+,37-,38-,39+/m1/s1. The molecule has 1 aromatic carbocycles. The number of ketones is 2.